The van der Waals surface area contributed by atoms with Crippen molar-refractivity contribution in [1.82, 2.24) is 0 Å². The van der Waals surface area contributed by atoms with Gasteiger partial charge in [-0.15, -0.1) is 0 Å². The quantitative estimate of drug-likeness (QED) is 0.633. The summed E-state index contributed by atoms with van der Waals surface area (Å²) in [4.78, 5) is 0. The second-order valence-corrected chi connectivity index (χ2v) is 5.31. The molecule has 2 aromatic rings. The third kappa shape index (κ3) is 1.13. The molecule has 2 aliphatic rings. The molecule has 2 aliphatic carbocycles. The summed E-state index contributed by atoms with van der Waals surface area (Å²) >= 11 is 0. The van der Waals surface area contributed by atoms with Crippen LogP contribution in [0.3, 0.4) is 0 Å². The molecule has 0 heteroatoms. The van der Waals surface area contributed by atoms with Crippen molar-refractivity contribution < 1.29 is 1.37 Å². The maximum absolute atomic E-state index is 8.28. The van der Waals surface area contributed by atoms with Gasteiger partial charge in [0.15, 0.2) is 0 Å². The van der Waals surface area contributed by atoms with Crippen LogP contribution in [0.25, 0.3) is 0 Å². The van der Waals surface area contributed by atoms with E-state index in [2.05, 4.69) is 30.3 Å². The van der Waals surface area contributed by atoms with Gasteiger partial charge in [-0.05, 0) is 47.9 Å². The Morgan fingerprint density at radius 3 is 2.29 bits per heavy atom. The first-order valence-corrected chi connectivity index (χ1v) is 6.49. The lowest BCUT2D eigenvalue weighted by molar-refractivity contribution is 0.507. The van der Waals surface area contributed by atoms with Gasteiger partial charge in [-0.25, -0.2) is 0 Å². The van der Waals surface area contributed by atoms with Crippen molar-refractivity contribution in [2.24, 2.45) is 0 Å². The van der Waals surface area contributed by atoms with Crippen molar-refractivity contribution in [3.05, 3.63) is 70.8 Å². The zero-order chi connectivity index (χ0) is 12.2. The van der Waals surface area contributed by atoms with Gasteiger partial charge in [-0.1, -0.05) is 48.5 Å². The monoisotopic (exact) mass is 221 g/mol. The summed E-state index contributed by atoms with van der Waals surface area (Å²) < 4.78 is 8.28. The van der Waals surface area contributed by atoms with Crippen LogP contribution in [0.2, 0.25) is 0 Å². The molecule has 0 saturated heterocycles. The van der Waals surface area contributed by atoms with E-state index < -0.39 is 0 Å². The number of aryl methyl sites for hydroxylation is 2. The summed E-state index contributed by atoms with van der Waals surface area (Å²) in [5.74, 6) is 0. The molecule has 0 aromatic heterocycles. The molecule has 0 N–H and O–H groups in total. The summed E-state index contributed by atoms with van der Waals surface area (Å²) in [6.45, 7) is 0. The van der Waals surface area contributed by atoms with E-state index in [9.17, 15) is 0 Å². The minimum atomic E-state index is 0.157. The Balaban J connectivity index is 2.00. The van der Waals surface area contributed by atoms with Crippen molar-refractivity contribution in [3.63, 3.8) is 0 Å². The lowest BCUT2D eigenvalue weighted by atomic mass is 9.77. The van der Waals surface area contributed by atoms with Gasteiger partial charge in [0.1, 0.15) is 0 Å². The molecule has 0 aliphatic heterocycles. The van der Waals surface area contributed by atoms with Crippen LogP contribution >= 0.6 is 0 Å². The van der Waals surface area contributed by atoms with E-state index in [1.54, 1.807) is 0 Å². The predicted molar refractivity (Wildman–Crippen MR) is 70.3 cm³/mol. The smallest absolute Gasteiger partial charge is 0.0620 e. The second-order valence-electron chi connectivity index (χ2n) is 5.31. The third-order valence-electron chi connectivity index (χ3n) is 4.60. The van der Waals surface area contributed by atoms with Crippen molar-refractivity contribution in [3.8, 4) is 0 Å². The molecule has 0 heterocycles. The normalized spacial score (nSPS) is 25.8. The first-order valence-electron chi connectivity index (χ1n) is 6.99. The lowest BCUT2D eigenvalue weighted by Gasteiger charge is -2.26. The average molecular weight is 221 g/mol. The maximum Gasteiger partial charge on any atom is 0.0626 e. The fraction of sp³-hybridized carbons (Fsp3) is 0.294. The zero-order valence-electron chi connectivity index (χ0n) is 10.9. The maximum atomic E-state index is 8.28. The van der Waals surface area contributed by atoms with E-state index >= 15 is 0 Å². The summed E-state index contributed by atoms with van der Waals surface area (Å²) in [5.41, 5.74) is 5.86. The third-order valence-corrected chi connectivity index (χ3v) is 4.60. The van der Waals surface area contributed by atoms with Crippen molar-refractivity contribution in [2.45, 2.75) is 31.1 Å². The minimum absolute atomic E-state index is 0.157. The average Bonchev–Trinajstić information content (AvgIpc) is 2.95. The Labute approximate surface area is 104 Å². The minimum Gasteiger partial charge on any atom is -0.0620 e. The highest BCUT2D eigenvalue weighted by molar-refractivity contribution is 5.53. The van der Waals surface area contributed by atoms with Crippen LogP contribution in [0.15, 0.2) is 48.5 Å². The Hall–Kier alpha value is -1.56. The number of hydrogen-bond donors (Lipinski definition) is 0. The molecule has 17 heavy (non-hydrogen) atoms. The topological polar surface area (TPSA) is 0 Å². The highest BCUT2D eigenvalue weighted by atomic mass is 14.5. The van der Waals surface area contributed by atoms with Gasteiger partial charge in [0.2, 0.25) is 0 Å². The molecule has 1 atom stereocenters. The van der Waals surface area contributed by atoms with Crippen molar-refractivity contribution in [1.29, 1.82) is 0 Å². The van der Waals surface area contributed by atoms with Crippen LogP contribution in [0.4, 0.5) is 0 Å². The second kappa shape index (κ2) is 3.22. The Bertz CT molecular complexity index is 625. The molecule has 0 radical (unpaired) electrons. The van der Waals surface area contributed by atoms with Crippen LogP contribution in [0.1, 0.15) is 36.5 Å². The molecule has 0 saturated carbocycles. The molecule has 84 valence electrons. The van der Waals surface area contributed by atoms with Gasteiger partial charge >= 0.3 is 0 Å². The highest BCUT2D eigenvalue weighted by Gasteiger charge is 2.43. The SMILES string of the molecule is [2H]c1cccc2c1C1(CCc3ccccc31)CC2. The van der Waals surface area contributed by atoms with E-state index in [-0.39, 0.29) is 5.41 Å². The van der Waals surface area contributed by atoms with Gasteiger partial charge in [-0.2, -0.15) is 0 Å². The molecule has 1 spiro atoms. The van der Waals surface area contributed by atoms with Crippen molar-refractivity contribution in [2.75, 3.05) is 0 Å². The first kappa shape index (κ1) is 8.52. The molecule has 0 amide bonds. The van der Waals surface area contributed by atoms with E-state index in [0.717, 1.165) is 12.5 Å². The van der Waals surface area contributed by atoms with E-state index in [1.165, 1.54) is 41.5 Å². The predicted octanol–water partition coefficient (Wildman–Crippen LogP) is 3.87. The summed E-state index contributed by atoms with van der Waals surface area (Å²) in [7, 11) is 0. The molecule has 2 aromatic carbocycles. The van der Waals surface area contributed by atoms with Crippen LogP contribution in [-0.2, 0) is 18.3 Å². The molecule has 0 fully saturated rings. The number of fused-ring (bicyclic) bond motifs is 4. The van der Waals surface area contributed by atoms with Crippen LogP contribution in [0.5, 0.6) is 0 Å². The Kier molecular flexibility index (Phi) is 1.62. The van der Waals surface area contributed by atoms with E-state index in [0.29, 0.717) is 0 Å². The lowest BCUT2D eigenvalue weighted by Crippen LogP contribution is -2.20. The van der Waals surface area contributed by atoms with Crippen LogP contribution < -0.4 is 0 Å². The molecule has 4 rings (SSSR count). The van der Waals surface area contributed by atoms with Gasteiger partial charge in [0, 0.05) is 5.41 Å². The zero-order valence-corrected chi connectivity index (χ0v) is 9.87. The van der Waals surface area contributed by atoms with Gasteiger partial charge in [-0.3, -0.25) is 0 Å². The molecule has 1 unspecified atom stereocenters. The number of rotatable bonds is 0. The van der Waals surface area contributed by atoms with Gasteiger partial charge < -0.3 is 0 Å². The molecule has 0 bridgehead atoms. The largest absolute Gasteiger partial charge is 0.0626 e. The highest BCUT2D eigenvalue weighted by Crippen LogP contribution is 2.51. The molecular weight excluding hydrogens is 204 g/mol. The van der Waals surface area contributed by atoms with Crippen LogP contribution in [-0.4, -0.2) is 0 Å². The molecular formula is C17H16. The van der Waals surface area contributed by atoms with E-state index in [4.69, 9.17) is 1.37 Å². The van der Waals surface area contributed by atoms with Crippen LogP contribution in [0, 0.1) is 0 Å². The summed E-state index contributed by atoms with van der Waals surface area (Å²) in [6, 6.07) is 15.8. The Morgan fingerprint density at radius 2 is 1.47 bits per heavy atom. The number of hydrogen-bond acceptors (Lipinski definition) is 0. The Morgan fingerprint density at radius 1 is 0.824 bits per heavy atom. The molecule has 0 nitrogen and oxygen atoms in total. The number of benzene rings is 2. The standard InChI is InChI=1S/C17H16/c1-3-7-15-13(5-1)9-11-17(15)12-10-14-6-2-4-8-16(14)17/h1-8H,9-12H2/i7D. The summed E-state index contributed by atoms with van der Waals surface area (Å²) in [5, 5.41) is 0. The summed E-state index contributed by atoms with van der Waals surface area (Å²) in [6.07, 6.45) is 4.69. The van der Waals surface area contributed by atoms with E-state index in [1.807, 2.05) is 12.1 Å². The first-order chi connectivity index (χ1) is 8.81. The van der Waals surface area contributed by atoms with Gasteiger partial charge in [0.25, 0.3) is 0 Å². The van der Waals surface area contributed by atoms with Gasteiger partial charge in [0.05, 0.1) is 1.37 Å². The fourth-order valence-electron chi connectivity index (χ4n) is 3.81. The van der Waals surface area contributed by atoms with Crippen molar-refractivity contribution >= 4 is 0 Å². The fourth-order valence-corrected chi connectivity index (χ4v) is 3.81.